The quantitative estimate of drug-likeness (QED) is 0.310. The zero-order valence-corrected chi connectivity index (χ0v) is 18.7. The highest BCUT2D eigenvalue weighted by Gasteiger charge is 2.31. The second-order valence-electron chi connectivity index (χ2n) is 6.47. The number of hydrogen-bond donors (Lipinski definition) is 0. The van der Waals surface area contributed by atoms with Gasteiger partial charge in [-0.3, -0.25) is 14.5 Å². The average molecular weight is 462 g/mol. The van der Waals surface area contributed by atoms with Crippen LogP contribution in [0, 0.1) is 0 Å². The van der Waals surface area contributed by atoms with E-state index in [0.29, 0.717) is 39.6 Å². The van der Waals surface area contributed by atoms with Crippen molar-refractivity contribution in [3.63, 3.8) is 0 Å². The maximum absolute atomic E-state index is 12.7. The van der Waals surface area contributed by atoms with Gasteiger partial charge in [-0.2, -0.15) is 0 Å². The molecule has 0 N–H and O–H groups in total. The summed E-state index contributed by atoms with van der Waals surface area (Å²) in [7, 11) is 1.34. The van der Waals surface area contributed by atoms with Gasteiger partial charge in [-0.1, -0.05) is 65.9 Å². The monoisotopic (exact) mass is 461 g/mol. The smallest absolute Gasteiger partial charge is 0.305 e. The van der Waals surface area contributed by atoms with Crippen LogP contribution in [0.1, 0.15) is 24.0 Å². The number of nitrogens with zero attached hydrogens (tertiary/aromatic N) is 1. The Hall–Kier alpha value is -2.35. The molecule has 0 bridgehead atoms. The lowest BCUT2D eigenvalue weighted by Gasteiger charge is -2.13. The minimum Gasteiger partial charge on any atom is -0.489 e. The number of benzene rings is 2. The lowest BCUT2D eigenvalue weighted by Crippen LogP contribution is -2.29. The number of thiocarbonyl (C=S) groups is 1. The van der Waals surface area contributed by atoms with Crippen molar-refractivity contribution in [3.05, 3.63) is 69.6 Å². The number of thioether (sulfide) groups is 1. The zero-order valence-electron chi connectivity index (χ0n) is 16.3. The number of ether oxygens (including phenoxy) is 2. The summed E-state index contributed by atoms with van der Waals surface area (Å²) in [6.45, 7) is 0.740. The van der Waals surface area contributed by atoms with Crippen LogP contribution in [-0.4, -0.2) is 34.8 Å². The van der Waals surface area contributed by atoms with Crippen molar-refractivity contribution in [1.29, 1.82) is 0 Å². The first kappa shape index (κ1) is 22.3. The fourth-order valence-corrected chi connectivity index (χ4v) is 4.30. The van der Waals surface area contributed by atoms with Crippen molar-refractivity contribution in [2.45, 2.75) is 19.4 Å². The molecule has 0 unspecified atom stereocenters. The largest absolute Gasteiger partial charge is 0.489 e. The van der Waals surface area contributed by atoms with Crippen LogP contribution < -0.4 is 4.74 Å². The van der Waals surface area contributed by atoms with Crippen LogP contribution in [0.4, 0.5) is 0 Å². The minimum absolute atomic E-state index is 0.155. The fourth-order valence-electron chi connectivity index (χ4n) is 2.80. The van der Waals surface area contributed by atoms with Gasteiger partial charge in [-0.25, -0.2) is 0 Å². The van der Waals surface area contributed by atoms with E-state index in [1.165, 1.54) is 23.8 Å². The Balaban J connectivity index is 1.64. The summed E-state index contributed by atoms with van der Waals surface area (Å²) >= 11 is 12.7. The summed E-state index contributed by atoms with van der Waals surface area (Å²) in [4.78, 5) is 26.0. The van der Waals surface area contributed by atoms with Gasteiger partial charge in [0.2, 0.25) is 0 Å². The van der Waals surface area contributed by atoms with Gasteiger partial charge in [0.05, 0.1) is 12.0 Å². The van der Waals surface area contributed by atoms with E-state index < -0.39 is 0 Å². The second-order valence-corrected chi connectivity index (χ2v) is 8.55. The lowest BCUT2D eigenvalue weighted by molar-refractivity contribution is -0.141. The highest BCUT2D eigenvalue weighted by Crippen LogP contribution is 2.33. The molecule has 0 radical (unpaired) electrons. The number of esters is 1. The van der Waals surface area contributed by atoms with Crippen LogP contribution >= 0.6 is 35.6 Å². The van der Waals surface area contributed by atoms with E-state index in [1.807, 2.05) is 48.5 Å². The van der Waals surface area contributed by atoms with Gasteiger partial charge in [0.15, 0.2) is 0 Å². The van der Waals surface area contributed by atoms with Crippen molar-refractivity contribution < 1.29 is 19.1 Å². The Kier molecular flexibility index (Phi) is 7.90. The summed E-state index contributed by atoms with van der Waals surface area (Å²) < 4.78 is 11.0. The van der Waals surface area contributed by atoms with Crippen molar-refractivity contribution in [3.8, 4) is 5.75 Å². The number of carbonyl (C=O) groups is 2. The van der Waals surface area contributed by atoms with Crippen LogP contribution in [0.2, 0.25) is 5.02 Å². The Morgan fingerprint density at radius 1 is 1.23 bits per heavy atom. The van der Waals surface area contributed by atoms with E-state index in [-0.39, 0.29) is 18.3 Å². The van der Waals surface area contributed by atoms with Crippen LogP contribution in [-0.2, 0) is 20.9 Å². The molecule has 1 aliphatic heterocycles. The molecule has 2 aromatic rings. The molecule has 0 atom stereocenters. The summed E-state index contributed by atoms with van der Waals surface area (Å²) in [6.07, 6.45) is 2.54. The van der Waals surface area contributed by atoms with E-state index in [0.717, 1.165) is 11.1 Å². The molecular formula is C22H20ClNO4S2. The Bertz CT molecular complexity index is 993. The van der Waals surface area contributed by atoms with Gasteiger partial charge in [-0.05, 0) is 36.3 Å². The van der Waals surface area contributed by atoms with E-state index >= 15 is 0 Å². The lowest BCUT2D eigenvalue weighted by atomic mass is 10.2. The molecule has 1 amide bonds. The highest BCUT2D eigenvalue weighted by molar-refractivity contribution is 8.26. The normalized spacial score (nSPS) is 15.0. The molecule has 1 fully saturated rings. The number of amides is 1. The molecule has 3 rings (SSSR count). The van der Waals surface area contributed by atoms with Gasteiger partial charge >= 0.3 is 5.97 Å². The molecule has 2 aromatic carbocycles. The molecule has 1 heterocycles. The molecule has 1 aliphatic rings. The van der Waals surface area contributed by atoms with Crippen LogP contribution in [0.25, 0.3) is 6.08 Å². The molecular weight excluding hydrogens is 442 g/mol. The molecule has 0 spiro atoms. The maximum Gasteiger partial charge on any atom is 0.305 e. The number of hydrogen-bond acceptors (Lipinski definition) is 6. The third-order valence-electron chi connectivity index (χ3n) is 4.37. The Morgan fingerprint density at radius 2 is 2.03 bits per heavy atom. The summed E-state index contributed by atoms with van der Waals surface area (Å²) in [5.74, 6) is 0.221. The number of carbonyl (C=O) groups excluding carboxylic acids is 2. The summed E-state index contributed by atoms with van der Waals surface area (Å²) in [5, 5.41) is 0.657. The predicted molar refractivity (Wildman–Crippen MR) is 123 cm³/mol. The van der Waals surface area contributed by atoms with Crippen molar-refractivity contribution >= 4 is 57.9 Å². The van der Waals surface area contributed by atoms with Gasteiger partial charge < -0.3 is 9.47 Å². The van der Waals surface area contributed by atoms with E-state index in [2.05, 4.69) is 4.74 Å². The van der Waals surface area contributed by atoms with E-state index in [4.69, 9.17) is 28.6 Å². The molecule has 0 saturated carbocycles. The standard InChI is InChI=1S/C22H20ClNO4S2/c1-27-20(25)10-5-11-24-21(26)19(30-22(24)29)13-15-6-4-8-17(12-15)28-14-16-7-2-3-9-18(16)23/h2-4,6-9,12-13H,5,10-11,14H2,1H3/b19-13+. The topological polar surface area (TPSA) is 55.8 Å². The number of rotatable bonds is 8. The molecule has 156 valence electrons. The SMILES string of the molecule is COC(=O)CCCN1C(=O)/C(=C\c2cccc(OCc3ccccc3Cl)c2)SC1=S. The zero-order chi connectivity index (χ0) is 21.5. The molecule has 30 heavy (non-hydrogen) atoms. The van der Waals surface area contributed by atoms with E-state index in [1.54, 1.807) is 6.08 Å². The average Bonchev–Trinajstić information content (AvgIpc) is 3.00. The molecule has 1 saturated heterocycles. The van der Waals surface area contributed by atoms with Gasteiger partial charge in [0, 0.05) is 23.6 Å². The van der Waals surface area contributed by atoms with E-state index in [9.17, 15) is 9.59 Å². The van der Waals surface area contributed by atoms with Crippen LogP contribution in [0.5, 0.6) is 5.75 Å². The number of methoxy groups -OCH3 is 1. The van der Waals surface area contributed by atoms with Gasteiger partial charge in [-0.15, -0.1) is 0 Å². The molecule has 0 aromatic heterocycles. The van der Waals surface area contributed by atoms with Crippen molar-refractivity contribution in [2.75, 3.05) is 13.7 Å². The van der Waals surface area contributed by atoms with Crippen LogP contribution in [0.3, 0.4) is 0 Å². The summed E-state index contributed by atoms with van der Waals surface area (Å²) in [5.41, 5.74) is 1.74. The van der Waals surface area contributed by atoms with Gasteiger partial charge in [0.25, 0.3) is 5.91 Å². The van der Waals surface area contributed by atoms with Crippen molar-refractivity contribution in [2.24, 2.45) is 0 Å². The molecule has 8 heteroatoms. The fraction of sp³-hybridized carbons (Fsp3) is 0.227. The Morgan fingerprint density at radius 3 is 2.80 bits per heavy atom. The second kappa shape index (κ2) is 10.6. The highest BCUT2D eigenvalue weighted by atomic mass is 35.5. The van der Waals surface area contributed by atoms with Gasteiger partial charge in [0.1, 0.15) is 16.7 Å². The first-order valence-electron chi connectivity index (χ1n) is 9.26. The molecule has 0 aliphatic carbocycles. The maximum atomic E-state index is 12.7. The third-order valence-corrected chi connectivity index (χ3v) is 6.12. The Labute approximate surface area is 190 Å². The summed E-state index contributed by atoms with van der Waals surface area (Å²) in [6, 6.07) is 15.0. The third kappa shape index (κ3) is 5.84. The minimum atomic E-state index is -0.301. The first-order chi connectivity index (χ1) is 14.5. The predicted octanol–water partition coefficient (Wildman–Crippen LogP) is 5.07. The van der Waals surface area contributed by atoms with Crippen LogP contribution in [0.15, 0.2) is 53.4 Å². The molecule has 5 nitrogen and oxygen atoms in total. The number of halogens is 1. The van der Waals surface area contributed by atoms with Crippen molar-refractivity contribution in [1.82, 2.24) is 4.90 Å². The first-order valence-corrected chi connectivity index (χ1v) is 10.9.